The minimum absolute atomic E-state index is 0.732. The molecule has 1 aliphatic carbocycles. The number of hydrogen-bond donors (Lipinski definition) is 1. The van der Waals surface area contributed by atoms with Crippen LogP contribution >= 0.6 is 22.9 Å². The van der Waals surface area contributed by atoms with Gasteiger partial charge in [-0.25, -0.2) is 0 Å². The van der Waals surface area contributed by atoms with Gasteiger partial charge in [0.05, 0.1) is 5.02 Å². The lowest BCUT2D eigenvalue weighted by Gasteiger charge is -2.34. The van der Waals surface area contributed by atoms with Crippen molar-refractivity contribution in [3.05, 3.63) is 21.3 Å². The molecule has 0 aliphatic heterocycles. The van der Waals surface area contributed by atoms with E-state index in [9.17, 15) is 0 Å². The summed E-state index contributed by atoms with van der Waals surface area (Å²) in [4.78, 5) is 3.85. The molecular formula is C13H21ClN2S. The SMILES string of the molecule is CNC1CCC(N(C)Cc2cc(Cl)cs2)CC1. The molecule has 0 aromatic carbocycles. The van der Waals surface area contributed by atoms with Gasteiger partial charge in [0.15, 0.2) is 0 Å². The molecule has 17 heavy (non-hydrogen) atoms. The molecule has 1 aromatic heterocycles. The maximum atomic E-state index is 5.95. The van der Waals surface area contributed by atoms with Crippen LogP contribution in [0.4, 0.5) is 0 Å². The van der Waals surface area contributed by atoms with Gasteiger partial charge in [-0.15, -0.1) is 11.3 Å². The largest absolute Gasteiger partial charge is 0.317 e. The van der Waals surface area contributed by atoms with Crippen molar-refractivity contribution < 1.29 is 0 Å². The lowest BCUT2D eigenvalue weighted by molar-refractivity contribution is 0.171. The van der Waals surface area contributed by atoms with Crippen molar-refractivity contribution in [3.8, 4) is 0 Å². The Kier molecular flexibility index (Phi) is 4.86. The van der Waals surface area contributed by atoms with Gasteiger partial charge in [-0.05, 0) is 45.8 Å². The molecule has 0 unspecified atom stereocenters. The lowest BCUT2D eigenvalue weighted by Crippen LogP contribution is -2.39. The smallest absolute Gasteiger partial charge is 0.0516 e. The summed E-state index contributed by atoms with van der Waals surface area (Å²) in [6, 6.07) is 3.55. The Balaban J connectivity index is 1.82. The summed E-state index contributed by atoms with van der Waals surface area (Å²) in [5.41, 5.74) is 0. The topological polar surface area (TPSA) is 15.3 Å². The summed E-state index contributed by atoms with van der Waals surface area (Å²) in [5.74, 6) is 0. The quantitative estimate of drug-likeness (QED) is 0.904. The van der Waals surface area contributed by atoms with Gasteiger partial charge in [0, 0.05) is 28.9 Å². The highest BCUT2D eigenvalue weighted by molar-refractivity contribution is 7.10. The van der Waals surface area contributed by atoms with Gasteiger partial charge in [0.25, 0.3) is 0 Å². The lowest BCUT2D eigenvalue weighted by atomic mass is 9.90. The van der Waals surface area contributed by atoms with Crippen molar-refractivity contribution >= 4 is 22.9 Å². The molecule has 0 saturated heterocycles. The van der Waals surface area contributed by atoms with Gasteiger partial charge < -0.3 is 5.32 Å². The van der Waals surface area contributed by atoms with E-state index < -0.39 is 0 Å². The summed E-state index contributed by atoms with van der Waals surface area (Å²) in [6.07, 6.45) is 5.22. The van der Waals surface area contributed by atoms with E-state index in [4.69, 9.17) is 11.6 Å². The standard InChI is InChI=1S/C13H21ClN2S/c1-15-11-3-5-12(6-4-11)16(2)8-13-7-10(14)9-17-13/h7,9,11-12,15H,3-6,8H2,1-2H3. The molecule has 0 spiro atoms. The molecule has 1 saturated carbocycles. The van der Waals surface area contributed by atoms with Crippen LogP contribution in [0.25, 0.3) is 0 Å². The third kappa shape index (κ3) is 3.68. The normalized spacial score (nSPS) is 25.4. The molecule has 4 heteroatoms. The van der Waals surface area contributed by atoms with Crippen molar-refractivity contribution in [2.24, 2.45) is 0 Å². The first-order chi connectivity index (χ1) is 8.19. The Morgan fingerprint density at radius 2 is 2.12 bits per heavy atom. The summed E-state index contributed by atoms with van der Waals surface area (Å²) in [6.45, 7) is 1.03. The van der Waals surface area contributed by atoms with Crippen LogP contribution in [0.1, 0.15) is 30.6 Å². The van der Waals surface area contributed by atoms with Gasteiger partial charge in [-0.2, -0.15) is 0 Å². The third-order valence-electron chi connectivity index (χ3n) is 3.76. The van der Waals surface area contributed by atoms with E-state index in [0.717, 1.165) is 23.7 Å². The molecule has 1 aromatic rings. The van der Waals surface area contributed by atoms with Gasteiger partial charge in [-0.3, -0.25) is 4.90 Å². The minimum atomic E-state index is 0.732. The Bertz CT molecular complexity index is 345. The second kappa shape index (κ2) is 6.19. The number of thiophene rings is 1. The number of nitrogens with zero attached hydrogens (tertiary/aromatic N) is 1. The highest BCUT2D eigenvalue weighted by Crippen LogP contribution is 2.25. The van der Waals surface area contributed by atoms with Gasteiger partial charge in [0.1, 0.15) is 0 Å². The van der Waals surface area contributed by atoms with Crippen LogP contribution < -0.4 is 5.32 Å². The van der Waals surface area contributed by atoms with E-state index >= 15 is 0 Å². The van der Waals surface area contributed by atoms with E-state index in [-0.39, 0.29) is 0 Å². The highest BCUT2D eigenvalue weighted by atomic mass is 35.5. The van der Waals surface area contributed by atoms with E-state index in [1.807, 2.05) is 5.38 Å². The van der Waals surface area contributed by atoms with Crippen LogP contribution in [0.5, 0.6) is 0 Å². The van der Waals surface area contributed by atoms with Crippen LogP contribution in [0.15, 0.2) is 11.4 Å². The molecular weight excluding hydrogens is 252 g/mol. The molecule has 1 N–H and O–H groups in total. The van der Waals surface area contributed by atoms with E-state index in [1.54, 1.807) is 11.3 Å². The minimum Gasteiger partial charge on any atom is -0.317 e. The summed E-state index contributed by atoms with van der Waals surface area (Å²) in [7, 11) is 4.31. The maximum absolute atomic E-state index is 5.95. The van der Waals surface area contributed by atoms with E-state index in [2.05, 4.69) is 30.4 Å². The van der Waals surface area contributed by atoms with Crippen molar-refractivity contribution in [2.45, 2.75) is 44.3 Å². The van der Waals surface area contributed by atoms with Crippen molar-refractivity contribution in [3.63, 3.8) is 0 Å². The monoisotopic (exact) mass is 272 g/mol. The number of hydrogen-bond acceptors (Lipinski definition) is 3. The molecule has 96 valence electrons. The summed E-state index contributed by atoms with van der Waals surface area (Å²) in [5, 5.41) is 6.27. The first-order valence-electron chi connectivity index (χ1n) is 6.29. The fourth-order valence-corrected chi connectivity index (χ4v) is 3.75. The van der Waals surface area contributed by atoms with Crippen molar-refractivity contribution in [1.82, 2.24) is 10.2 Å². The zero-order valence-electron chi connectivity index (χ0n) is 10.6. The second-order valence-electron chi connectivity index (χ2n) is 4.94. The van der Waals surface area contributed by atoms with Crippen molar-refractivity contribution in [2.75, 3.05) is 14.1 Å². The molecule has 1 heterocycles. The predicted octanol–water partition coefficient (Wildman–Crippen LogP) is 3.36. The number of halogens is 1. The number of nitrogens with one attached hydrogen (secondary N) is 1. The average Bonchev–Trinajstić information content (AvgIpc) is 2.75. The zero-order valence-corrected chi connectivity index (χ0v) is 12.2. The van der Waals surface area contributed by atoms with Crippen molar-refractivity contribution in [1.29, 1.82) is 0 Å². The maximum Gasteiger partial charge on any atom is 0.0516 e. The Hall–Kier alpha value is -0.0900. The van der Waals surface area contributed by atoms with Crippen LogP contribution in [0.3, 0.4) is 0 Å². The fraction of sp³-hybridized carbons (Fsp3) is 0.692. The summed E-state index contributed by atoms with van der Waals surface area (Å²) >= 11 is 7.71. The van der Waals surface area contributed by atoms with E-state index in [1.165, 1.54) is 30.6 Å². The Labute approximate surface area is 113 Å². The molecule has 1 aliphatic rings. The van der Waals surface area contributed by atoms with Crippen LogP contribution in [-0.4, -0.2) is 31.1 Å². The predicted molar refractivity (Wildman–Crippen MR) is 75.9 cm³/mol. The molecule has 0 amide bonds. The molecule has 2 rings (SSSR count). The van der Waals surface area contributed by atoms with E-state index in [0.29, 0.717) is 0 Å². The zero-order chi connectivity index (χ0) is 12.3. The summed E-state index contributed by atoms with van der Waals surface area (Å²) < 4.78 is 0. The Morgan fingerprint density at radius 1 is 1.41 bits per heavy atom. The molecule has 0 bridgehead atoms. The van der Waals surface area contributed by atoms with Gasteiger partial charge in [0.2, 0.25) is 0 Å². The molecule has 0 radical (unpaired) electrons. The average molecular weight is 273 g/mol. The third-order valence-corrected chi connectivity index (χ3v) is 5.02. The van der Waals surface area contributed by atoms with Crippen LogP contribution in [0.2, 0.25) is 5.02 Å². The second-order valence-corrected chi connectivity index (χ2v) is 6.37. The van der Waals surface area contributed by atoms with Crippen LogP contribution in [0, 0.1) is 0 Å². The first-order valence-corrected chi connectivity index (χ1v) is 7.55. The Morgan fingerprint density at radius 3 is 2.65 bits per heavy atom. The molecule has 2 nitrogen and oxygen atoms in total. The fourth-order valence-electron chi connectivity index (χ4n) is 2.62. The number of rotatable bonds is 4. The molecule has 0 atom stereocenters. The van der Waals surface area contributed by atoms with Gasteiger partial charge in [-0.1, -0.05) is 11.6 Å². The highest BCUT2D eigenvalue weighted by Gasteiger charge is 2.23. The van der Waals surface area contributed by atoms with Crippen LogP contribution in [-0.2, 0) is 6.54 Å². The molecule has 1 fully saturated rings. The first kappa shape index (κ1) is 13.3. The van der Waals surface area contributed by atoms with Gasteiger partial charge >= 0.3 is 0 Å².